The standard InChI is InChI=1S/C32H30N2O6S/c1-20-28(19-41-27-13-11-23(12-14-27)31(37)38)39-32(40-29(20)22-9-7-21(18-35)8-10-22)24-4-2-6-26(16-24)34-30(36)25-5-3-15-33-17-25/h2-17,20,28-29,32,35H,18-19H2,1H3,(H,34,36)(H,37,38). The predicted octanol–water partition coefficient (Wildman–Crippen LogP) is 6.11. The van der Waals surface area contributed by atoms with Gasteiger partial charge in [-0.05, 0) is 59.7 Å². The first-order valence-electron chi connectivity index (χ1n) is 13.2. The first kappa shape index (κ1) is 28.5. The fourth-order valence-corrected chi connectivity index (χ4v) is 5.71. The van der Waals surface area contributed by atoms with Crippen molar-refractivity contribution in [2.45, 2.75) is 36.9 Å². The Bertz CT molecular complexity index is 1480. The molecule has 0 spiro atoms. The van der Waals surface area contributed by atoms with E-state index in [1.165, 1.54) is 6.20 Å². The predicted molar refractivity (Wildman–Crippen MR) is 156 cm³/mol. The molecule has 1 amide bonds. The van der Waals surface area contributed by atoms with E-state index in [-0.39, 0.29) is 36.2 Å². The van der Waals surface area contributed by atoms with Crippen LogP contribution in [0.2, 0.25) is 0 Å². The third-order valence-electron chi connectivity index (χ3n) is 6.98. The van der Waals surface area contributed by atoms with E-state index in [0.717, 1.165) is 21.6 Å². The molecule has 1 fully saturated rings. The number of aliphatic hydroxyl groups is 1. The van der Waals surface area contributed by atoms with Crippen molar-refractivity contribution in [2.24, 2.45) is 5.92 Å². The number of hydrogen-bond acceptors (Lipinski definition) is 7. The van der Waals surface area contributed by atoms with Gasteiger partial charge in [0.25, 0.3) is 5.91 Å². The van der Waals surface area contributed by atoms with Gasteiger partial charge in [0.05, 0.1) is 29.9 Å². The van der Waals surface area contributed by atoms with Gasteiger partial charge < -0.3 is 25.0 Å². The summed E-state index contributed by atoms with van der Waals surface area (Å²) in [5.41, 5.74) is 3.86. The van der Waals surface area contributed by atoms with Crippen LogP contribution in [0.4, 0.5) is 5.69 Å². The van der Waals surface area contributed by atoms with E-state index in [9.17, 15) is 19.8 Å². The summed E-state index contributed by atoms with van der Waals surface area (Å²) in [6.07, 6.45) is 1.95. The number of aromatic carboxylic acids is 1. The Kier molecular flexibility index (Phi) is 9.11. The molecule has 4 unspecified atom stereocenters. The van der Waals surface area contributed by atoms with E-state index >= 15 is 0 Å². The summed E-state index contributed by atoms with van der Waals surface area (Å²) in [6, 6.07) is 25.3. The van der Waals surface area contributed by atoms with Crippen molar-refractivity contribution in [3.8, 4) is 0 Å². The highest BCUT2D eigenvalue weighted by atomic mass is 32.2. The van der Waals surface area contributed by atoms with Crippen LogP contribution < -0.4 is 5.32 Å². The number of amides is 1. The molecule has 0 bridgehead atoms. The topological polar surface area (TPSA) is 118 Å². The Morgan fingerprint density at radius 1 is 0.927 bits per heavy atom. The molecule has 1 aliphatic heterocycles. The van der Waals surface area contributed by atoms with Crippen LogP contribution in [-0.4, -0.2) is 38.9 Å². The molecule has 0 aliphatic carbocycles. The summed E-state index contributed by atoms with van der Waals surface area (Å²) in [4.78, 5) is 28.9. The molecule has 4 atom stereocenters. The number of ether oxygens (including phenoxy) is 2. The number of hydrogen-bond donors (Lipinski definition) is 3. The normalized spacial score (nSPS) is 20.3. The molecule has 0 radical (unpaired) electrons. The van der Waals surface area contributed by atoms with Crippen LogP contribution in [0, 0.1) is 5.92 Å². The summed E-state index contributed by atoms with van der Waals surface area (Å²) < 4.78 is 13.0. The van der Waals surface area contributed by atoms with Gasteiger partial charge in [0.15, 0.2) is 6.29 Å². The van der Waals surface area contributed by atoms with Gasteiger partial charge in [0.1, 0.15) is 0 Å². The Morgan fingerprint density at radius 3 is 2.39 bits per heavy atom. The number of carbonyl (C=O) groups is 2. The summed E-state index contributed by atoms with van der Waals surface area (Å²) in [5, 5.41) is 21.6. The molecule has 3 aromatic carbocycles. The minimum atomic E-state index is -0.959. The van der Waals surface area contributed by atoms with E-state index in [1.54, 1.807) is 54.4 Å². The molecule has 8 nitrogen and oxygen atoms in total. The highest BCUT2D eigenvalue weighted by Crippen LogP contribution is 2.43. The molecule has 3 N–H and O–H groups in total. The van der Waals surface area contributed by atoms with Gasteiger partial charge in [0.2, 0.25) is 0 Å². The minimum Gasteiger partial charge on any atom is -0.478 e. The number of nitrogens with one attached hydrogen (secondary N) is 1. The van der Waals surface area contributed by atoms with Crippen molar-refractivity contribution in [1.29, 1.82) is 0 Å². The summed E-state index contributed by atoms with van der Waals surface area (Å²) in [5.74, 6) is -0.611. The molecule has 1 aromatic heterocycles. The smallest absolute Gasteiger partial charge is 0.335 e. The molecule has 9 heteroatoms. The molecule has 1 saturated heterocycles. The number of anilines is 1. The van der Waals surface area contributed by atoms with Crippen LogP contribution in [0.3, 0.4) is 0 Å². The molecule has 2 heterocycles. The maximum Gasteiger partial charge on any atom is 0.335 e. The third-order valence-corrected chi connectivity index (χ3v) is 8.08. The van der Waals surface area contributed by atoms with Crippen molar-refractivity contribution in [1.82, 2.24) is 4.98 Å². The number of benzene rings is 3. The maximum absolute atomic E-state index is 12.7. The van der Waals surface area contributed by atoms with Gasteiger partial charge in [-0.15, -0.1) is 11.8 Å². The van der Waals surface area contributed by atoms with E-state index in [0.29, 0.717) is 17.0 Å². The number of carbonyl (C=O) groups excluding carboxylic acids is 1. The molecular weight excluding hydrogens is 540 g/mol. The average Bonchev–Trinajstić information content (AvgIpc) is 3.01. The zero-order valence-corrected chi connectivity index (χ0v) is 23.2. The van der Waals surface area contributed by atoms with Gasteiger partial charge in [-0.3, -0.25) is 9.78 Å². The number of thioether (sulfide) groups is 1. The van der Waals surface area contributed by atoms with Crippen LogP contribution in [0.25, 0.3) is 0 Å². The summed E-state index contributed by atoms with van der Waals surface area (Å²) in [6.45, 7) is 2.05. The highest BCUT2D eigenvalue weighted by Gasteiger charge is 2.38. The fraction of sp³-hybridized carbons (Fsp3) is 0.219. The van der Waals surface area contributed by atoms with Crippen LogP contribution in [0.5, 0.6) is 0 Å². The molecule has 1 aliphatic rings. The summed E-state index contributed by atoms with van der Waals surface area (Å²) in [7, 11) is 0. The van der Waals surface area contributed by atoms with Gasteiger partial charge in [-0.2, -0.15) is 0 Å². The lowest BCUT2D eigenvalue weighted by Crippen LogP contribution is -2.38. The maximum atomic E-state index is 12.7. The number of aliphatic hydroxyl groups excluding tert-OH is 1. The second-order valence-electron chi connectivity index (χ2n) is 9.78. The van der Waals surface area contributed by atoms with Crippen molar-refractivity contribution in [3.05, 3.63) is 125 Å². The zero-order valence-electron chi connectivity index (χ0n) is 22.3. The van der Waals surface area contributed by atoms with E-state index in [2.05, 4.69) is 17.2 Å². The Labute approximate surface area is 242 Å². The SMILES string of the molecule is CC1C(CSc2ccc(C(=O)O)cc2)OC(c2cccc(NC(=O)c3cccnc3)c2)OC1c1ccc(CO)cc1. The van der Waals surface area contributed by atoms with E-state index < -0.39 is 12.3 Å². The number of carboxylic acid groups (broad SMARTS) is 1. The van der Waals surface area contributed by atoms with Crippen LogP contribution >= 0.6 is 11.8 Å². The van der Waals surface area contributed by atoms with Gasteiger partial charge in [-0.25, -0.2) is 4.79 Å². The first-order valence-corrected chi connectivity index (χ1v) is 14.2. The number of rotatable bonds is 9. The van der Waals surface area contributed by atoms with Gasteiger partial charge >= 0.3 is 5.97 Å². The second kappa shape index (κ2) is 13.1. The van der Waals surface area contributed by atoms with Crippen LogP contribution in [-0.2, 0) is 16.1 Å². The fourth-order valence-electron chi connectivity index (χ4n) is 4.65. The van der Waals surface area contributed by atoms with Gasteiger partial charge in [-0.1, -0.05) is 43.3 Å². The zero-order chi connectivity index (χ0) is 28.8. The average molecular weight is 571 g/mol. The highest BCUT2D eigenvalue weighted by molar-refractivity contribution is 7.99. The Morgan fingerprint density at radius 2 is 1.71 bits per heavy atom. The number of pyridine rings is 1. The molecular formula is C32H30N2O6S. The number of aromatic nitrogens is 1. The largest absolute Gasteiger partial charge is 0.478 e. The second-order valence-corrected chi connectivity index (χ2v) is 10.9. The molecule has 210 valence electrons. The molecule has 41 heavy (non-hydrogen) atoms. The van der Waals surface area contributed by atoms with Crippen molar-refractivity contribution >= 4 is 29.3 Å². The molecule has 0 saturated carbocycles. The summed E-state index contributed by atoms with van der Waals surface area (Å²) >= 11 is 1.59. The minimum absolute atomic E-state index is 0.00881. The Hall–Kier alpha value is -4.02. The monoisotopic (exact) mass is 570 g/mol. The lowest BCUT2D eigenvalue weighted by molar-refractivity contribution is -0.268. The van der Waals surface area contributed by atoms with Crippen LogP contribution in [0.1, 0.15) is 56.7 Å². The lowest BCUT2D eigenvalue weighted by Gasteiger charge is -2.41. The third kappa shape index (κ3) is 7.01. The molecule has 5 rings (SSSR count). The van der Waals surface area contributed by atoms with E-state index in [4.69, 9.17) is 9.47 Å². The number of nitrogens with zero attached hydrogens (tertiary/aromatic N) is 1. The van der Waals surface area contributed by atoms with Crippen LogP contribution in [0.15, 0.2) is 102 Å². The lowest BCUT2D eigenvalue weighted by atomic mass is 9.91. The van der Waals surface area contributed by atoms with Crippen molar-refractivity contribution < 1.29 is 29.3 Å². The van der Waals surface area contributed by atoms with Crippen molar-refractivity contribution in [2.75, 3.05) is 11.1 Å². The Balaban J connectivity index is 1.37. The number of carboxylic acids is 1. The quantitative estimate of drug-likeness (QED) is 0.206. The molecule has 4 aromatic rings. The van der Waals surface area contributed by atoms with Crippen molar-refractivity contribution in [3.63, 3.8) is 0 Å². The van der Waals surface area contributed by atoms with Gasteiger partial charge in [0, 0.05) is 40.2 Å². The first-order chi connectivity index (χ1) is 19.9. The van der Waals surface area contributed by atoms with E-state index in [1.807, 2.05) is 48.5 Å².